The van der Waals surface area contributed by atoms with E-state index in [9.17, 15) is 8.78 Å². The smallest absolute Gasteiger partial charge is 0.127 e. The molecule has 1 aliphatic rings. The number of benzene rings is 2. The second-order valence-electron chi connectivity index (χ2n) is 5.14. The van der Waals surface area contributed by atoms with Gasteiger partial charge in [-0.25, -0.2) is 8.78 Å². The zero-order valence-corrected chi connectivity index (χ0v) is 11.1. The van der Waals surface area contributed by atoms with E-state index in [0.29, 0.717) is 17.7 Å². The van der Waals surface area contributed by atoms with Gasteiger partial charge in [0.05, 0.1) is 0 Å². The highest BCUT2D eigenvalue weighted by Crippen LogP contribution is 2.40. The Hall–Kier alpha value is -1.94. The van der Waals surface area contributed by atoms with Crippen LogP contribution < -0.4 is 10.5 Å². The van der Waals surface area contributed by atoms with Crippen LogP contribution in [-0.4, -0.2) is 0 Å². The quantitative estimate of drug-likeness (QED) is 0.859. The van der Waals surface area contributed by atoms with Crippen LogP contribution in [0.2, 0.25) is 0 Å². The van der Waals surface area contributed by atoms with Gasteiger partial charge in [-0.15, -0.1) is 0 Å². The predicted molar refractivity (Wildman–Crippen MR) is 72.5 cm³/mol. The molecule has 0 aromatic heterocycles. The minimum absolute atomic E-state index is 0.213. The molecule has 2 N–H and O–H groups in total. The Morgan fingerprint density at radius 3 is 2.70 bits per heavy atom. The molecular formula is C16H15F2NO. The maximum atomic E-state index is 13.3. The molecule has 0 spiro atoms. The molecule has 0 amide bonds. The lowest BCUT2D eigenvalue weighted by Crippen LogP contribution is -2.24. The van der Waals surface area contributed by atoms with Crippen molar-refractivity contribution in [2.24, 2.45) is 5.73 Å². The van der Waals surface area contributed by atoms with Crippen molar-refractivity contribution >= 4 is 0 Å². The molecule has 4 heteroatoms. The number of aryl methyl sites for hydroxylation is 1. The van der Waals surface area contributed by atoms with Gasteiger partial charge in [0.2, 0.25) is 0 Å². The van der Waals surface area contributed by atoms with Crippen LogP contribution in [0.3, 0.4) is 0 Å². The van der Waals surface area contributed by atoms with Crippen molar-refractivity contribution in [3.05, 3.63) is 64.7 Å². The van der Waals surface area contributed by atoms with E-state index in [2.05, 4.69) is 0 Å². The van der Waals surface area contributed by atoms with E-state index in [1.165, 1.54) is 18.2 Å². The molecule has 0 fully saturated rings. The van der Waals surface area contributed by atoms with E-state index in [0.717, 1.165) is 11.1 Å². The number of ether oxygens (including phenoxy) is 1. The van der Waals surface area contributed by atoms with Gasteiger partial charge in [0.25, 0.3) is 0 Å². The topological polar surface area (TPSA) is 35.2 Å². The first kappa shape index (κ1) is 13.1. The van der Waals surface area contributed by atoms with Gasteiger partial charge < -0.3 is 10.5 Å². The molecule has 3 rings (SSSR count). The second-order valence-corrected chi connectivity index (χ2v) is 5.14. The minimum atomic E-state index is -0.355. The SMILES string of the molecule is Cc1cc(C2C[C@H](N)c3ccc(F)cc3O2)ccc1F. The van der Waals surface area contributed by atoms with Crippen molar-refractivity contribution in [3.63, 3.8) is 0 Å². The van der Waals surface area contributed by atoms with Crippen LogP contribution in [-0.2, 0) is 0 Å². The summed E-state index contributed by atoms with van der Waals surface area (Å²) in [4.78, 5) is 0. The molecule has 0 radical (unpaired) electrons. The van der Waals surface area contributed by atoms with E-state index < -0.39 is 0 Å². The van der Waals surface area contributed by atoms with Crippen LogP contribution in [0.5, 0.6) is 5.75 Å². The Morgan fingerprint density at radius 1 is 1.15 bits per heavy atom. The molecule has 1 heterocycles. The van der Waals surface area contributed by atoms with Crippen LogP contribution in [0, 0.1) is 18.6 Å². The van der Waals surface area contributed by atoms with Gasteiger partial charge in [0.1, 0.15) is 23.5 Å². The van der Waals surface area contributed by atoms with Crippen LogP contribution >= 0.6 is 0 Å². The molecule has 2 aromatic rings. The lowest BCUT2D eigenvalue weighted by atomic mass is 9.93. The number of hydrogen-bond donors (Lipinski definition) is 1. The molecule has 2 aromatic carbocycles. The van der Waals surface area contributed by atoms with Crippen molar-refractivity contribution in [1.29, 1.82) is 0 Å². The Bertz CT molecular complexity index is 657. The highest BCUT2D eigenvalue weighted by atomic mass is 19.1. The minimum Gasteiger partial charge on any atom is -0.485 e. The summed E-state index contributed by atoms with van der Waals surface area (Å²) in [7, 11) is 0. The van der Waals surface area contributed by atoms with Crippen molar-refractivity contribution in [2.75, 3.05) is 0 Å². The van der Waals surface area contributed by atoms with Crippen LogP contribution in [0.1, 0.15) is 35.3 Å². The first-order chi connectivity index (χ1) is 9.54. The van der Waals surface area contributed by atoms with Crippen molar-refractivity contribution in [2.45, 2.75) is 25.5 Å². The third-order valence-electron chi connectivity index (χ3n) is 3.67. The average Bonchev–Trinajstić information content (AvgIpc) is 2.41. The molecule has 1 aliphatic heterocycles. The number of hydrogen-bond acceptors (Lipinski definition) is 2. The van der Waals surface area contributed by atoms with Gasteiger partial charge in [0.15, 0.2) is 0 Å². The van der Waals surface area contributed by atoms with Gasteiger partial charge >= 0.3 is 0 Å². The first-order valence-corrected chi connectivity index (χ1v) is 6.52. The summed E-state index contributed by atoms with van der Waals surface area (Å²) in [5.41, 5.74) is 8.34. The lowest BCUT2D eigenvalue weighted by molar-refractivity contribution is 0.160. The van der Waals surface area contributed by atoms with Gasteiger partial charge in [-0.2, -0.15) is 0 Å². The third-order valence-corrected chi connectivity index (χ3v) is 3.67. The molecule has 0 aliphatic carbocycles. The van der Waals surface area contributed by atoms with E-state index >= 15 is 0 Å². The fourth-order valence-electron chi connectivity index (χ4n) is 2.55. The molecule has 1 unspecified atom stereocenters. The Balaban J connectivity index is 1.96. The normalized spacial score (nSPS) is 21.2. The fourth-order valence-corrected chi connectivity index (χ4v) is 2.55. The van der Waals surface area contributed by atoms with Gasteiger partial charge in [-0.1, -0.05) is 12.1 Å². The zero-order chi connectivity index (χ0) is 14.3. The van der Waals surface area contributed by atoms with Crippen molar-refractivity contribution in [3.8, 4) is 5.75 Å². The Morgan fingerprint density at radius 2 is 1.95 bits per heavy atom. The Labute approximate surface area is 116 Å². The highest BCUT2D eigenvalue weighted by Gasteiger charge is 2.27. The summed E-state index contributed by atoms with van der Waals surface area (Å²) in [6, 6.07) is 9.01. The van der Waals surface area contributed by atoms with Crippen molar-refractivity contribution < 1.29 is 13.5 Å². The van der Waals surface area contributed by atoms with Crippen LogP contribution in [0.15, 0.2) is 36.4 Å². The van der Waals surface area contributed by atoms with Gasteiger partial charge in [-0.3, -0.25) is 0 Å². The third kappa shape index (κ3) is 2.27. The molecule has 0 saturated carbocycles. The molecule has 2 nitrogen and oxygen atoms in total. The van der Waals surface area contributed by atoms with E-state index in [-0.39, 0.29) is 23.8 Å². The largest absolute Gasteiger partial charge is 0.485 e. The van der Waals surface area contributed by atoms with Crippen LogP contribution in [0.25, 0.3) is 0 Å². The monoisotopic (exact) mass is 275 g/mol. The average molecular weight is 275 g/mol. The number of halogens is 2. The first-order valence-electron chi connectivity index (χ1n) is 6.52. The second kappa shape index (κ2) is 4.87. The van der Waals surface area contributed by atoms with Crippen molar-refractivity contribution in [1.82, 2.24) is 0 Å². The lowest BCUT2D eigenvalue weighted by Gasteiger charge is -2.30. The number of rotatable bonds is 1. The highest BCUT2D eigenvalue weighted by molar-refractivity contribution is 5.40. The van der Waals surface area contributed by atoms with Gasteiger partial charge in [-0.05, 0) is 36.2 Å². The van der Waals surface area contributed by atoms with E-state index in [4.69, 9.17) is 10.5 Å². The van der Waals surface area contributed by atoms with Crippen LogP contribution in [0.4, 0.5) is 8.78 Å². The number of fused-ring (bicyclic) bond motifs is 1. The molecular weight excluding hydrogens is 260 g/mol. The molecule has 104 valence electrons. The maximum absolute atomic E-state index is 13.3. The molecule has 0 bridgehead atoms. The van der Waals surface area contributed by atoms with E-state index in [1.54, 1.807) is 25.1 Å². The summed E-state index contributed by atoms with van der Waals surface area (Å²) in [6.45, 7) is 1.70. The summed E-state index contributed by atoms with van der Waals surface area (Å²) in [5.74, 6) is -0.136. The summed E-state index contributed by atoms with van der Waals surface area (Å²) < 4.78 is 32.4. The molecule has 0 saturated heterocycles. The summed E-state index contributed by atoms with van der Waals surface area (Å²) >= 11 is 0. The molecule has 20 heavy (non-hydrogen) atoms. The predicted octanol–water partition coefficient (Wildman–Crippen LogP) is 3.80. The standard InChI is InChI=1S/C16H15F2NO/c1-9-6-10(2-5-13(9)18)15-8-14(19)12-4-3-11(17)7-16(12)20-15/h2-7,14-15H,8,19H2,1H3/t14-,15?/m0/s1. The van der Waals surface area contributed by atoms with E-state index in [1.807, 2.05) is 0 Å². The Kier molecular flexibility index (Phi) is 3.18. The maximum Gasteiger partial charge on any atom is 0.127 e. The number of nitrogens with two attached hydrogens (primary N) is 1. The zero-order valence-electron chi connectivity index (χ0n) is 11.1. The molecule has 2 atom stereocenters. The summed E-state index contributed by atoms with van der Waals surface area (Å²) in [5, 5.41) is 0. The summed E-state index contributed by atoms with van der Waals surface area (Å²) in [6.07, 6.45) is 0.308. The fraction of sp³-hybridized carbons (Fsp3) is 0.250. The van der Waals surface area contributed by atoms with Gasteiger partial charge in [0, 0.05) is 24.1 Å².